The normalized spacial score (nSPS) is 12.5. The molecule has 0 bridgehead atoms. The highest BCUT2D eigenvalue weighted by molar-refractivity contribution is 5.40. The van der Waals surface area contributed by atoms with Crippen LogP contribution in [0.1, 0.15) is 144 Å². The summed E-state index contributed by atoms with van der Waals surface area (Å²) in [5, 5.41) is 0. The van der Waals surface area contributed by atoms with Crippen LogP contribution in [0, 0.1) is 11.8 Å². The van der Waals surface area contributed by atoms with Crippen molar-refractivity contribution in [3.8, 4) is 0 Å². The van der Waals surface area contributed by atoms with Gasteiger partial charge in [0.15, 0.2) is 0 Å². The number of halogens is 1. The first kappa shape index (κ1) is 48.9. The average molecular weight is 618 g/mol. The van der Waals surface area contributed by atoms with E-state index in [0.717, 1.165) is 17.1 Å². The molecule has 0 aliphatic heterocycles. The number of alkyl halides is 1. The Morgan fingerprint density at radius 3 is 1.55 bits per heavy atom. The van der Waals surface area contributed by atoms with Gasteiger partial charge in [0.2, 0.25) is 0 Å². The smallest absolute Gasteiger partial charge is 0.122 e. The number of methoxy groups -OCH3 is 1. The zero-order valence-electron chi connectivity index (χ0n) is 31.8. The van der Waals surface area contributed by atoms with E-state index in [4.69, 9.17) is 0 Å². The minimum Gasteiger partial charge on any atom is -0.388 e. The molecular formula is C41H76FNO. The predicted molar refractivity (Wildman–Crippen MR) is 202 cm³/mol. The highest BCUT2D eigenvalue weighted by atomic mass is 19.1. The van der Waals surface area contributed by atoms with Gasteiger partial charge in [-0.2, -0.15) is 0 Å². The number of ether oxygens (including phenoxy) is 1. The lowest BCUT2D eigenvalue weighted by Gasteiger charge is -2.24. The van der Waals surface area contributed by atoms with Gasteiger partial charge in [0, 0.05) is 20.1 Å². The molecule has 0 amide bonds. The van der Waals surface area contributed by atoms with Gasteiger partial charge in [0.25, 0.3) is 0 Å². The maximum Gasteiger partial charge on any atom is 0.122 e. The monoisotopic (exact) mass is 618 g/mol. The maximum atomic E-state index is 13.3. The van der Waals surface area contributed by atoms with Crippen molar-refractivity contribution in [2.24, 2.45) is 11.8 Å². The Labute approximate surface area is 277 Å². The zero-order chi connectivity index (χ0) is 34.9. The molecule has 0 aliphatic rings. The summed E-state index contributed by atoms with van der Waals surface area (Å²) in [6.45, 7) is 38.7. The van der Waals surface area contributed by atoms with E-state index in [2.05, 4.69) is 83.9 Å². The van der Waals surface area contributed by atoms with Crippen LogP contribution in [0.2, 0.25) is 0 Å². The first-order valence-corrected chi connectivity index (χ1v) is 17.4. The second kappa shape index (κ2) is 35.5. The third-order valence-electron chi connectivity index (χ3n) is 6.80. The van der Waals surface area contributed by atoms with Crippen LogP contribution in [0.15, 0.2) is 73.4 Å². The van der Waals surface area contributed by atoms with Gasteiger partial charge in [-0.15, -0.1) is 6.58 Å². The van der Waals surface area contributed by atoms with Gasteiger partial charge < -0.3 is 9.64 Å². The number of hydrogen-bond acceptors (Lipinski definition) is 2. The maximum absolute atomic E-state index is 13.3. The first-order chi connectivity index (χ1) is 20.9. The second-order valence-electron chi connectivity index (χ2n) is 11.6. The number of hydrogen-bond donors (Lipinski definition) is 0. The minimum absolute atomic E-state index is 0.164. The van der Waals surface area contributed by atoms with E-state index in [1.807, 2.05) is 57.2 Å². The summed E-state index contributed by atoms with van der Waals surface area (Å²) in [5.41, 5.74) is 4.25. The summed E-state index contributed by atoms with van der Waals surface area (Å²) in [7, 11) is 3.25. The number of benzene rings is 1. The molecule has 0 aromatic heterocycles. The highest BCUT2D eigenvalue weighted by Crippen LogP contribution is 2.35. The van der Waals surface area contributed by atoms with Crippen LogP contribution in [0.25, 0.3) is 0 Å². The van der Waals surface area contributed by atoms with Crippen LogP contribution in [-0.4, -0.2) is 38.8 Å². The molecule has 0 aliphatic carbocycles. The van der Waals surface area contributed by atoms with Crippen LogP contribution >= 0.6 is 0 Å². The number of rotatable bonds is 17. The summed E-state index contributed by atoms with van der Waals surface area (Å²) < 4.78 is 17.5. The zero-order valence-corrected chi connectivity index (χ0v) is 31.8. The predicted octanol–water partition coefficient (Wildman–Crippen LogP) is 13.3. The van der Waals surface area contributed by atoms with Crippen molar-refractivity contribution in [2.75, 3.05) is 33.9 Å². The summed E-state index contributed by atoms with van der Waals surface area (Å²) in [6.07, 6.45) is 14.0. The highest BCUT2D eigenvalue weighted by Gasteiger charge is 2.20. The quantitative estimate of drug-likeness (QED) is 0.127. The Morgan fingerprint density at radius 2 is 1.25 bits per heavy atom. The fourth-order valence-corrected chi connectivity index (χ4v) is 4.80. The van der Waals surface area contributed by atoms with E-state index in [1.165, 1.54) is 70.2 Å². The fraction of sp³-hybridized carbons (Fsp3) is 0.659. The van der Waals surface area contributed by atoms with Gasteiger partial charge in [-0.25, -0.2) is 4.39 Å². The van der Waals surface area contributed by atoms with Crippen molar-refractivity contribution in [1.29, 1.82) is 0 Å². The molecule has 3 heteroatoms. The molecule has 3 atom stereocenters. The first-order valence-electron chi connectivity index (χ1n) is 17.4. The van der Waals surface area contributed by atoms with E-state index < -0.39 is 6.17 Å². The average Bonchev–Trinajstić information content (AvgIpc) is 2.98. The van der Waals surface area contributed by atoms with Crippen LogP contribution in [-0.2, 0) is 4.74 Å². The van der Waals surface area contributed by atoms with Crippen LogP contribution in [0.4, 0.5) is 4.39 Å². The van der Waals surface area contributed by atoms with E-state index >= 15 is 0 Å². The summed E-state index contributed by atoms with van der Waals surface area (Å²) in [4.78, 5) is 2.54. The van der Waals surface area contributed by atoms with Gasteiger partial charge in [-0.1, -0.05) is 142 Å². The molecule has 0 spiro atoms. The van der Waals surface area contributed by atoms with E-state index in [9.17, 15) is 4.39 Å². The Kier molecular flexibility index (Phi) is 39.5. The van der Waals surface area contributed by atoms with Crippen molar-refractivity contribution in [3.05, 3.63) is 84.5 Å². The Balaban J connectivity index is -0.000000280. The fourth-order valence-electron chi connectivity index (χ4n) is 4.80. The van der Waals surface area contributed by atoms with Crippen LogP contribution < -0.4 is 0 Å². The third-order valence-corrected chi connectivity index (χ3v) is 6.80. The molecule has 0 fully saturated rings. The van der Waals surface area contributed by atoms with E-state index in [1.54, 1.807) is 21.1 Å². The van der Waals surface area contributed by atoms with Gasteiger partial charge in [-0.05, 0) is 88.5 Å². The topological polar surface area (TPSA) is 12.5 Å². The van der Waals surface area contributed by atoms with Gasteiger partial charge in [0.05, 0.1) is 0 Å². The van der Waals surface area contributed by atoms with Gasteiger partial charge >= 0.3 is 0 Å². The number of nitrogens with zero attached hydrogens (tertiary/aromatic N) is 1. The molecule has 2 nitrogen and oxygen atoms in total. The molecule has 1 rings (SSSR count). The summed E-state index contributed by atoms with van der Waals surface area (Å²) >= 11 is 0. The third kappa shape index (κ3) is 27.6. The lowest BCUT2D eigenvalue weighted by molar-refractivity contribution is 0.275. The molecule has 0 radical (unpaired) electrons. The standard InChI is InChI=1S/C19H25F.C9H21N.C9H18.C2H6O.C2H6/c1-7-8-18(13(2)3)19(14(4)5)17-11-9-16(10-12-17)15(6)20;1-4-7-10(8-5-2)9-6-3;1-4-6-8-9(3)7-5-2;1-3-2;1-2/h7-13,15,19H,1,4H2,2-3,5-6H3;4-9H2,1-3H3;4,9H,1,5-8H2,2-3H3;1-2H3;1-2H3/b18-8-;;;;. The molecule has 0 saturated carbocycles. The lowest BCUT2D eigenvalue weighted by Crippen LogP contribution is -2.25. The molecule has 0 N–H and O–H groups in total. The Morgan fingerprint density at radius 1 is 0.818 bits per heavy atom. The van der Waals surface area contributed by atoms with Crippen molar-refractivity contribution in [3.63, 3.8) is 0 Å². The molecule has 44 heavy (non-hydrogen) atoms. The van der Waals surface area contributed by atoms with Crippen molar-refractivity contribution in [2.45, 2.75) is 133 Å². The van der Waals surface area contributed by atoms with E-state index in [-0.39, 0.29) is 5.92 Å². The molecule has 0 heterocycles. The van der Waals surface area contributed by atoms with Gasteiger partial charge in [0.1, 0.15) is 6.17 Å². The molecule has 258 valence electrons. The largest absolute Gasteiger partial charge is 0.388 e. The minimum atomic E-state index is -0.930. The second-order valence-corrected chi connectivity index (χ2v) is 11.6. The lowest BCUT2D eigenvalue weighted by atomic mass is 9.80. The van der Waals surface area contributed by atoms with Crippen molar-refractivity contribution >= 4 is 0 Å². The molecule has 1 aromatic carbocycles. The van der Waals surface area contributed by atoms with Crippen LogP contribution in [0.3, 0.4) is 0 Å². The molecule has 1 aromatic rings. The number of allylic oxidation sites excluding steroid dienone is 5. The van der Waals surface area contributed by atoms with Crippen molar-refractivity contribution in [1.82, 2.24) is 4.90 Å². The summed E-state index contributed by atoms with van der Waals surface area (Å²) in [6, 6.07) is 7.73. The van der Waals surface area contributed by atoms with Crippen LogP contribution in [0.5, 0.6) is 0 Å². The van der Waals surface area contributed by atoms with Crippen molar-refractivity contribution < 1.29 is 9.13 Å². The summed E-state index contributed by atoms with van der Waals surface area (Å²) in [5.74, 6) is 1.47. The molecule has 0 saturated heterocycles. The van der Waals surface area contributed by atoms with Gasteiger partial charge in [-0.3, -0.25) is 0 Å². The SMILES string of the molecule is C=C/C=C(/C(C)C)C(C(=C)C)c1ccc(C(C)F)cc1.C=CCCC(C)CCC.CC.CCCN(CCC)CCC.COC. The van der Waals surface area contributed by atoms with E-state index in [0.29, 0.717) is 11.5 Å². The Hall–Kier alpha value is -1.97. The molecule has 3 unspecified atom stereocenters. The molecular weight excluding hydrogens is 541 g/mol. The Bertz CT molecular complexity index is 779.